The minimum absolute atomic E-state index is 0.0891. The molecular formula is C14H17Cl2N5OS. The van der Waals surface area contributed by atoms with Gasteiger partial charge in [0.05, 0.1) is 10.0 Å². The molecule has 2 heterocycles. The molecule has 9 heteroatoms. The van der Waals surface area contributed by atoms with E-state index in [2.05, 4.69) is 15.1 Å². The Hall–Kier alpha value is -1.28. The van der Waals surface area contributed by atoms with E-state index in [1.807, 2.05) is 0 Å². The Kier molecular flexibility index (Phi) is 4.82. The lowest BCUT2D eigenvalue weighted by Crippen LogP contribution is -2.37. The molecule has 124 valence electrons. The van der Waals surface area contributed by atoms with E-state index in [4.69, 9.17) is 34.7 Å². The second-order valence-electron chi connectivity index (χ2n) is 5.60. The average molecular weight is 374 g/mol. The maximum Gasteiger partial charge on any atom is 0.209 e. The molecule has 1 fully saturated rings. The summed E-state index contributed by atoms with van der Waals surface area (Å²) >= 11 is 13.3. The van der Waals surface area contributed by atoms with Gasteiger partial charge >= 0.3 is 0 Å². The zero-order chi connectivity index (χ0) is 16.6. The number of halogens is 2. The van der Waals surface area contributed by atoms with Crippen LogP contribution in [0.15, 0.2) is 12.1 Å². The van der Waals surface area contributed by atoms with Crippen molar-refractivity contribution in [2.24, 2.45) is 11.7 Å². The molecule has 1 saturated heterocycles. The van der Waals surface area contributed by atoms with Crippen LogP contribution < -0.4 is 16.4 Å². The van der Waals surface area contributed by atoms with E-state index in [9.17, 15) is 5.11 Å². The lowest BCUT2D eigenvalue weighted by Gasteiger charge is -2.34. The summed E-state index contributed by atoms with van der Waals surface area (Å²) in [6, 6.07) is 2.81. The first kappa shape index (κ1) is 16.6. The number of nitrogen functional groups attached to an aromatic ring is 1. The predicted octanol–water partition coefficient (Wildman–Crippen LogP) is 3.05. The summed E-state index contributed by atoms with van der Waals surface area (Å²) < 4.78 is 0. The molecule has 5 N–H and O–H groups in total. The highest BCUT2D eigenvalue weighted by atomic mass is 35.5. The highest BCUT2D eigenvalue weighted by molar-refractivity contribution is 7.18. The molecule has 0 saturated carbocycles. The zero-order valence-corrected chi connectivity index (χ0v) is 14.6. The molecule has 6 nitrogen and oxygen atoms in total. The molecule has 0 spiro atoms. The Morgan fingerprint density at radius 1 is 1.22 bits per heavy atom. The van der Waals surface area contributed by atoms with Gasteiger partial charge in [-0.3, -0.25) is 0 Å². The summed E-state index contributed by atoms with van der Waals surface area (Å²) in [4.78, 5) is 2.16. The fraction of sp³-hybridized carbons (Fsp3) is 0.429. The van der Waals surface area contributed by atoms with E-state index in [0.29, 0.717) is 20.7 Å². The molecule has 0 amide bonds. The summed E-state index contributed by atoms with van der Waals surface area (Å²) in [5.41, 5.74) is 12.6. The number of nitrogens with zero attached hydrogens (tertiary/aromatic N) is 3. The standard InChI is InChI=1S/C14H17Cl2N5OS/c15-9-5-8(11(22)6-10(9)16)12(17)7-1-3-21(4-2-7)14-20-19-13(18)23-14/h5-7,12,22H,1-4,17H2,(H2,18,19)/t12-/m1/s1. The van der Waals surface area contributed by atoms with E-state index in [1.165, 1.54) is 17.4 Å². The summed E-state index contributed by atoms with van der Waals surface area (Å²) in [5, 5.41) is 20.0. The van der Waals surface area contributed by atoms with Crippen LogP contribution in [-0.4, -0.2) is 28.4 Å². The second kappa shape index (κ2) is 6.68. The molecular weight excluding hydrogens is 357 g/mol. The summed E-state index contributed by atoms with van der Waals surface area (Å²) in [6.07, 6.45) is 1.78. The van der Waals surface area contributed by atoms with Gasteiger partial charge in [0.15, 0.2) is 0 Å². The van der Waals surface area contributed by atoms with Crippen molar-refractivity contribution in [2.75, 3.05) is 23.7 Å². The lowest BCUT2D eigenvalue weighted by molar-refractivity contribution is 0.336. The number of rotatable bonds is 3. The third-order valence-electron chi connectivity index (χ3n) is 4.18. The fourth-order valence-electron chi connectivity index (χ4n) is 2.88. The predicted molar refractivity (Wildman–Crippen MR) is 94.3 cm³/mol. The third kappa shape index (κ3) is 3.47. The van der Waals surface area contributed by atoms with Gasteiger partial charge in [-0.2, -0.15) is 0 Å². The average Bonchev–Trinajstić information content (AvgIpc) is 2.97. The first-order valence-electron chi connectivity index (χ1n) is 7.23. The van der Waals surface area contributed by atoms with E-state index in [-0.39, 0.29) is 17.7 Å². The number of nitrogens with two attached hydrogens (primary N) is 2. The van der Waals surface area contributed by atoms with Crippen molar-refractivity contribution in [2.45, 2.75) is 18.9 Å². The minimum atomic E-state index is -0.286. The van der Waals surface area contributed by atoms with Crippen molar-refractivity contribution in [3.63, 3.8) is 0 Å². The highest BCUT2D eigenvalue weighted by Gasteiger charge is 2.28. The highest BCUT2D eigenvalue weighted by Crippen LogP contribution is 2.38. The lowest BCUT2D eigenvalue weighted by atomic mass is 9.86. The largest absolute Gasteiger partial charge is 0.508 e. The number of piperidine rings is 1. The molecule has 1 atom stereocenters. The molecule has 0 radical (unpaired) electrons. The number of anilines is 2. The molecule has 2 aromatic rings. The van der Waals surface area contributed by atoms with Gasteiger partial charge in [0.1, 0.15) is 5.75 Å². The summed E-state index contributed by atoms with van der Waals surface area (Å²) in [5.74, 6) is 0.339. The first-order chi connectivity index (χ1) is 11.0. The van der Waals surface area contributed by atoms with Crippen LogP contribution in [0, 0.1) is 5.92 Å². The van der Waals surface area contributed by atoms with Crippen molar-refractivity contribution in [1.29, 1.82) is 0 Å². The molecule has 1 aliphatic rings. The van der Waals surface area contributed by atoms with Crippen LogP contribution in [0.25, 0.3) is 0 Å². The number of benzene rings is 1. The number of hydrogen-bond acceptors (Lipinski definition) is 7. The molecule has 0 unspecified atom stereocenters. The van der Waals surface area contributed by atoms with Crippen LogP contribution in [0.5, 0.6) is 5.75 Å². The van der Waals surface area contributed by atoms with Crippen molar-refractivity contribution >= 4 is 44.8 Å². The first-order valence-corrected chi connectivity index (χ1v) is 8.80. The Balaban J connectivity index is 1.68. The minimum Gasteiger partial charge on any atom is -0.508 e. The van der Waals surface area contributed by atoms with Crippen molar-refractivity contribution < 1.29 is 5.11 Å². The topological polar surface area (TPSA) is 101 Å². The smallest absolute Gasteiger partial charge is 0.209 e. The number of aromatic nitrogens is 2. The molecule has 0 bridgehead atoms. The number of aromatic hydroxyl groups is 1. The molecule has 1 aromatic carbocycles. The number of phenolic OH excluding ortho intramolecular Hbond substituents is 1. The molecule has 23 heavy (non-hydrogen) atoms. The van der Waals surface area contributed by atoms with E-state index in [0.717, 1.165) is 31.1 Å². The van der Waals surface area contributed by atoms with Crippen molar-refractivity contribution in [3.05, 3.63) is 27.7 Å². The van der Waals surface area contributed by atoms with E-state index < -0.39 is 0 Å². The van der Waals surface area contributed by atoms with Gasteiger partial charge in [0.25, 0.3) is 0 Å². The zero-order valence-electron chi connectivity index (χ0n) is 12.2. The molecule has 3 rings (SSSR count). The third-order valence-corrected chi connectivity index (χ3v) is 5.71. The Bertz CT molecular complexity index is 702. The van der Waals surface area contributed by atoms with E-state index in [1.54, 1.807) is 6.07 Å². The maximum atomic E-state index is 10.1. The van der Waals surface area contributed by atoms with Crippen LogP contribution in [0.2, 0.25) is 10.0 Å². The van der Waals surface area contributed by atoms with Gasteiger partial charge in [-0.05, 0) is 24.8 Å². The summed E-state index contributed by atoms with van der Waals surface area (Å²) in [6.45, 7) is 1.66. The van der Waals surface area contributed by atoms with Crippen LogP contribution in [0.3, 0.4) is 0 Å². The quantitative estimate of drug-likeness (QED) is 0.763. The molecule has 1 aromatic heterocycles. The number of hydrogen-bond donors (Lipinski definition) is 3. The monoisotopic (exact) mass is 373 g/mol. The SMILES string of the molecule is Nc1nnc(N2CCC([C@@H](N)c3cc(Cl)c(Cl)cc3O)CC2)s1. The van der Waals surface area contributed by atoms with Crippen molar-refractivity contribution in [3.8, 4) is 5.75 Å². The van der Waals surface area contributed by atoms with Crippen molar-refractivity contribution in [1.82, 2.24) is 10.2 Å². The normalized spacial score (nSPS) is 17.4. The van der Waals surface area contributed by atoms with E-state index >= 15 is 0 Å². The van der Waals surface area contributed by atoms with Gasteiger partial charge in [-0.1, -0.05) is 34.5 Å². The van der Waals surface area contributed by atoms with Crippen LogP contribution in [0.1, 0.15) is 24.4 Å². The Labute approximate surface area is 148 Å². The van der Waals surface area contributed by atoms with Gasteiger partial charge < -0.3 is 21.5 Å². The van der Waals surface area contributed by atoms with Gasteiger partial charge in [0.2, 0.25) is 10.3 Å². The van der Waals surface area contributed by atoms with Crippen LogP contribution in [-0.2, 0) is 0 Å². The van der Waals surface area contributed by atoms with Crippen LogP contribution >= 0.6 is 34.5 Å². The molecule has 0 aliphatic carbocycles. The fourth-order valence-corrected chi connectivity index (χ4v) is 3.87. The van der Waals surface area contributed by atoms with Gasteiger partial charge in [-0.25, -0.2) is 0 Å². The maximum absolute atomic E-state index is 10.1. The van der Waals surface area contributed by atoms with Gasteiger partial charge in [0, 0.05) is 30.8 Å². The Morgan fingerprint density at radius 2 is 1.87 bits per heavy atom. The molecule has 1 aliphatic heterocycles. The number of phenols is 1. The van der Waals surface area contributed by atoms with Crippen LogP contribution in [0.4, 0.5) is 10.3 Å². The second-order valence-corrected chi connectivity index (χ2v) is 7.40. The van der Waals surface area contributed by atoms with Gasteiger partial charge in [-0.15, -0.1) is 10.2 Å². The Morgan fingerprint density at radius 3 is 2.48 bits per heavy atom. The summed E-state index contributed by atoms with van der Waals surface area (Å²) in [7, 11) is 0.